The van der Waals surface area contributed by atoms with Gasteiger partial charge in [0.25, 0.3) is 0 Å². The first-order valence-electron chi connectivity index (χ1n) is 6.32. The van der Waals surface area contributed by atoms with Gasteiger partial charge in [-0.2, -0.15) is 0 Å². The first-order chi connectivity index (χ1) is 8.69. The van der Waals surface area contributed by atoms with E-state index in [1.165, 1.54) is 4.88 Å². The van der Waals surface area contributed by atoms with Crippen molar-refractivity contribution >= 4 is 33.2 Å². The van der Waals surface area contributed by atoms with Gasteiger partial charge in [-0.1, -0.05) is 0 Å². The van der Waals surface area contributed by atoms with E-state index in [9.17, 15) is 4.79 Å². The molecule has 5 heteroatoms. The minimum atomic E-state index is -0.0328. The van der Waals surface area contributed by atoms with E-state index < -0.39 is 0 Å². The second-order valence-corrected chi connectivity index (χ2v) is 7.08. The van der Waals surface area contributed by atoms with Crippen LogP contribution in [0.25, 0.3) is 0 Å². The third-order valence-corrected chi connectivity index (χ3v) is 4.74. The third-order valence-electron chi connectivity index (χ3n) is 3.13. The maximum absolute atomic E-state index is 11.7. The molecule has 0 saturated carbocycles. The van der Waals surface area contributed by atoms with E-state index >= 15 is 0 Å². The molecule has 1 aromatic heterocycles. The summed E-state index contributed by atoms with van der Waals surface area (Å²) in [6.07, 6.45) is 2.04. The van der Waals surface area contributed by atoms with Crippen molar-refractivity contribution in [2.24, 2.45) is 5.92 Å². The van der Waals surface area contributed by atoms with Crippen LogP contribution >= 0.6 is 27.3 Å². The van der Waals surface area contributed by atoms with Crippen molar-refractivity contribution in [3.8, 4) is 0 Å². The molecular formula is C13H18BrNO2S. The summed E-state index contributed by atoms with van der Waals surface area (Å²) in [5.74, 6) is 0.0247. The Hall–Kier alpha value is -0.390. The monoisotopic (exact) mass is 331 g/mol. The second kappa shape index (κ2) is 6.68. The lowest BCUT2D eigenvalue weighted by molar-refractivity contribution is -0.150. The van der Waals surface area contributed by atoms with Crippen molar-refractivity contribution in [3.63, 3.8) is 0 Å². The molecule has 1 atom stereocenters. The number of likely N-dealkylation sites (tertiary alicyclic amines) is 1. The number of piperidine rings is 1. The zero-order valence-corrected chi connectivity index (χ0v) is 12.9. The van der Waals surface area contributed by atoms with Crippen molar-refractivity contribution in [3.05, 3.63) is 20.8 Å². The van der Waals surface area contributed by atoms with Crippen molar-refractivity contribution < 1.29 is 9.53 Å². The maximum Gasteiger partial charge on any atom is 0.310 e. The molecule has 100 valence electrons. The number of nitrogens with zero attached hydrogens (tertiary/aromatic N) is 1. The fraction of sp³-hybridized carbons (Fsp3) is 0.615. The van der Waals surface area contributed by atoms with Gasteiger partial charge in [-0.3, -0.25) is 9.69 Å². The molecule has 1 aliphatic rings. The highest BCUT2D eigenvalue weighted by Gasteiger charge is 2.26. The molecule has 0 N–H and O–H groups in total. The molecule has 18 heavy (non-hydrogen) atoms. The van der Waals surface area contributed by atoms with Crippen molar-refractivity contribution in [1.82, 2.24) is 4.90 Å². The van der Waals surface area contributed by atoms with Crippen LogP contribution in [-0.4, -0.2) is 30.6 Å². The number of halogens is 1. The molecule has 0 radical (unpaired) electrons. The van der Waals surface area contributed by atoms with E-state index in [4.69, 9.17) is 4.74 Å². The fourth-order valence-electron chi connectivity index (χ4n) is 2.31. The average molecular weight is 332 g/mol. The molecule has 0 aromatic carbocycles. The molecule has 0 bridgehead atoms. The summed E-state index contributed by atoms with van der Waals surface area (Å²) in [5.41, 5.74) is 0. The Bertz CT molecular complexity index is 407. The van der Waals surface area contributed by atoms with E-state index in [-0.39, 0.29) is 11.9 Å². The highest BCUT2D eigenvalue weighted by Crippen LogP contribution is 2.25. The minimum Gasteiger partial charge on any atom is -0.466 e. The van der Waals surface area contributed by atoms with Crippen molar-refractivity contribution in [1.29, 1.82) is 0 Å². The molecule has 3 nitrogen and oxygen atoms in total. The SMILES string of the molecule is CCOC(=O)C1CCCN(Cc2ccc(Br)s2)C1. The van der Waals surface area contributed by atoms with Gasteiger partial charge in [-0.15, -0.1) is 11.3 Å². The predicted octanol–water partition coefficient (Wildman–Crippen LogP) is 3.29. The molecule has 1 fully saturated rings. The van der Waals surface area contributed by atoms with Gasteiger partial charge < -0.3 is 4.74 Å². The van der Waals surface area contributed by atoms with Gasteiger partial charge in [0.05, 0.1) is 16.3 Å². The van der Waals surface area contributed by atoms with E-state index in [0.29, 0.717) is 6.61 Å². The lowest BCUT2D eigenvalue weighted by atomic mass is 9.98. The van der Waals surface area contributed by atoms with Crippen LogP contribution in [0, 0.1) is 5.92 Å². The predicted molar refractivity (Wildman–Crippen MR) is 76.7 cm³/mol. The number of ether oxygens (including phenoxy) is 1. The average Bonchev–Trinajstić information content (AvgIpc) is 2.75. The van der Waals surface area contributed by atoms with E-state index in [0.717, 1.165) is 36.3 Å². The quantitative estimate of drug-likeness (QED) is 0.793. The molecule has 1 aliphatic heterocycles. The van der Waals surface area contributed by atoms with Crippen LogP contribution in [0.2, 0.25) is 0 Å². The first kappa shape index (κ1) is 14.0. The Kier molecular flexibility index (Phi) is 5.21. The lowest BCUT2D eigenvalue weighted by Crippen LogP contribution is -2.38. The highest BCUT2D eigenvalue weighted by molar-refractivity contribution is 9.11. The van der Waals surface area contributed by atoms with Gasteiger partial charge in [0, 0.05) is 18.0 Å². The lowest BCUT2D eigenvalue weighted by Gasteiger charge is -2.31. The van der Waals surface area contributed by atoms with Gasteiger partial charge in [0.2, 0.25) is 0 Å². The normalized spacial score (nSPS) is 20.9. The van der Waals surface area contributed by atoms with E-state index in [1.807, 2.05) is 6.92 Å². The summed E-state index contributed by atoms with van der Waals surface area (Å²) in [4.78, 5) is 15.4. The molecule has 1 saturated heterocycles. The number of hydrogen-bond donors (Lipinski definition) is 0. The summed E-state index contributed by atoms with van der Waals surface area (Å²) in [5, 5.41) is 0. The first-order valence-corrected chi connectivity index (χ1v) is 7.93. The Balaban J connectivity index is 1.88. The van der Waals surface area contributed by atoms with Crippen molar-refractivity contribution in [2.75, 3.05) is 19.7 Å². The van der Waals surface area contributed by atoms with Gasteiger partial charge in [-0.25, -0.2) is 0 Å². The number of carbonyl (C=O) groups is 1. The standard InChI is InChI=1S/C13H18BrNO2S/c1-2-17-13(16)10-4-3-7-15(8-10)9-11-5-6-12(14)18-11/h5-6,10H,2-4,7-9H2,1H3. The Morgan fingerprint density at radius 3 is 3.11 bits per heavy atom. The van der Waals surface area contributed by atoms with Crippen LogP contribution in [0.5, 0.6) is 0 Å². The van der Waals surface area contributed by atoms with Gasteiger partial charge in [-0.05, 0) is 54.4 Å². The van der Waals surface area contributed by atoms with Crippen LogP contribution in [0.4, 0.5) is 0 Å². The molecule has 2 rings (SSSR count). The van der Waals surface area contributed by atoms with Crippen LogP contribution in [0.1, 0.15) is 24.6 Å². The largest absolute Gasteiger partial charge is 0.466 e. The van der Waals surface area contributed by atoms with Crippen LogP contribution in [0.15, 0.2) is 15.9 Å². The van der Waals surface area contributed by atoms with Crippen LogP contribution in [-0.2, 0) is 16.1 Å². The molecule has 1 unspecified atom stereocenters. The molecule has 0 aliphatic carbocycles. The van der Waals surface area contributed by atoms with Gasteiger partial charge in [0.1, 0.15) is 0 Å². The molecule has 0 spiro atoms. The Morgan fingerprint density at radius 2 is 2.44 bits per heavy atom. The summed E-state index contributed by atoms with van der Waals surface area (Å²) >= 11 is 5.24. The Morgan fingerprint density at radius 1 is 1.61 bits per heavy atom. The zero-order valence-electron chi connectivity index (χ0n) is 10.5. The molecule has 2 heterocycles. The summed E-state index contributed by atoms with van der Waals surface area (Å²) in [6.45, 7) is 5.18. The number of esters is 1. The van der Waals surface area contributed by atoms with Crippen LogP contribution < -0.4 is 0 Å². The molecule has 0 amide bonds. The van der Waals surface area contributed by atoms with Gasteiger partial charge >= 0.3 is 5.97 Å². The molecule has 1 aromatic rings. The van der Waals surface area contributed by atoms with Gasteiger partial charge in [0.15, 0.2) is 0 Å². The highest BCUT2D eigenvalue weighted by atomic mass is 79.9. The topological polar surface area (TPSA) is 29.5 Å². The summed E-state index contributed by atoms with van der Waals surface area (Å²) in [6, 6.07) is 4.22. The number of rotatable bonds is 4. The number of carbonyl (C=O) groups excluding carboxylic acids is 1. The zero-order chi connectivity index (χ0) is 13.0. The number of thiophene rings is 1. The fourth-order valence-corrected chi connectivity index (χ4v) is 3.83. The molecular weight excluding hydrogens is 314 g/mol. The number of hydrogen-bond acceptors (Lipinski definition) is 4. The third kappa shape index (κ3) is 3.80. The van der Waals surface area contributed by atoms with Crippen LogP contribution in [0.3, 0.4) is 0 Å². The second-order valence-electron chi connectivity index (χ2n) is 4.53. The maximum atomic E-state index is 11.7. The van der Waals surface area contributed by atoms with E-state index in [1.54, 1.807) is 11.3 Å². The minimum absolute atomic E-state index is 0.0328. The van der Waals surface area contributed by atoms with E-state index in [2.05, 4.69) is 33.0 Å². The Labute approximate surface area is 120 Å². The summed E-state index contributed by atoms with van der Waals surface area (Å²) in [7, 11) is 0. The smallest absolute Gasteiger partial charge is 0.310 e. The van der Waals surface area contributed by atoms with Crippen molar-refractivity contribution in [2.45, 2.75) is 26.3 Å². The summed E-state index contributed by atoms with van der Waals surface area (Å²) < 4.78 is 6.28.